The Morgan fingerprint density at radius 2 is 1.70 bits per heavy atom. The average molecular weight is 459 g/mol. The molecule has 1 aromatic heterocycles. The molecule has 0 saturated heterocycles. The number of nitrogens with zero attached hydrogens (tertiary/aromatic N) is 3. The average Bonchev–Trinajstić information content (AvgIpc) is 2.79. The second kappa shape index (κ2) is 8.38. The van der Waals surface area contributed by atoms with Gasteiger partial charge in [-0.15, -0.1) is 0 Å². The van der Waals surface area contributed by atoms with E-state index in [4.69, 9.17) is 4.74 Å². The van der Waals surface area contributed by atoms with Crippen LogP contribution in [-0.2, 0) is 12.6 Å². The SMILES string of the molecule is CCc1cc(F)ccc1N1CN(c2ccc(OC)nc2C)C(=O)c2cc(C(F)(F)F)ccc21. The highest BCUT2D eigenvalue weighted by Gasteiger charge is 2.37. The van der Waals surface area contributed by atoms with Crippen molar-refractivity contribution in [1.29, 1.82) is 0 Å². The first kappa shape index (κ1) is 22.6. The van der Waals surface area contributed by atoms with Gasteiger partial charge < -0.3 is 9.64 Å². The molecule has 0 fully saturated rings. The van der Waals surface area contributed by atoms with E-state index in [1.807, 2.05) is 6.92 Å². The summed E-state index contributed by atoms with van der Waals surface area (Å²) in [4.78, 5) is 20.8. The maximum atomic E-state index is 13.9. The number of pyridine rings is 1. The summed E-state index contributed by atoms with van der Waals surface area (Å²) in [6.45, 7) is 3.56. The smallest absolute Gasteiger partial charge is 0.416 e. The lowest BCUT2D eigenvalue weighted by Gasteiger charge is -2.39. The molecule has 1 amide bonds. The van der Waals surface area contributed by atoms with Gasteiger partial charge in [-0.2, -0.15) is 13.2 Å². The summed E-state index contributed by atoms with van der Waals surface area (Å²) in [5.41, 5.74) is 1.50. The summed E-state index contributed by atoms with van der Waals surface area (Å²) < 4.78 is 59.3. The summed E-state index contributed by atoms with van der Waals surface area (Å²) in [6.07, 6.45) is -4.11. The Balaban J connectivity index is 1.91. The molecule has 0 bridgehead atoms. The Labute approximate surface area is 188 Å². The minimum atomic E-state index is -4.61. The first-order valence-electron chi connectivity index (χ1n) is 10.2. The number of carbonyl (C=O) groups is 1. The molecule has 2 aromatic carbocycles. The number of aryl methyl sites for hydroxylation is 2. The predicted molar refractivity (Wildman–Crippen MR) is 117 cm³/mol. The maximum Gasteiger partial charge on any atom is 0.416 e. The fourth-order valence-electron chi connectivity index (χ4n) is 3.97. The zero-order valence-corrected chi connectivity index (χ0v) is 18.2. The number of aromatic nitrogens is 1. The topological polar surface area (TPSA) is 45.7 Å². The number of benzene rings is 2. The maximum absolute atomic E-state index is 13.9. The number of fused-ring (bicyclic) bond motifs is 1. The van der Waals surface area contributed by atoms with Crippen LogP contribution >= 0.6 is 0 Å². The molecule has 9 heteroatoms. The Kier molecular flexibility index (Phi) is 5.73. The van der Waals surface area contributed by atoms with Crippen molar-refractivity contribution in [3.05, 3.63) is 76.7 Å². The van der Waals surface area contributed by atoms with E-state index >= 15 is 0 Å². The molecule has 1 aliphatic heterocycles. The van der Waals surface area contributed by atoms with E-state index in [9.17, 15) is 22.4 Å². The summed E-state index contributed by atoms with van der Waals surface area (Å²) in [6, 6.07) is 10.6. The molecule has 33 heavy (non-hydrogen) atoms. The summed E-state index contributed by atoms with van der Waals surface area (Å²) in [7, 11) is 1.46. The molecule has 0 aliphatic carbocycles. The Hall–Kier alpha value is -3.62. The molecule has 2 heterocycles. The molecule has 0 unspecified atom stereocenters. The number of anilines is 3. The van der Waals surface area contributed by atoms with Crippen LogP contribution in [0.2, 0.25) is 0 Å². The van der Waals surface area contributed by atoms with E-state index in [1.54, 1.807) is 30.0 Å². The molecule has 1 aliphatic rings. The molecule has 5 nitrogen and oxygen atoms in total. The van der Waals surface area contributed by atoms with Crippen LogP contribution in [0.4, 0.5) is 34.6 Å². The van der Waals surface area contributed by atoms with Crippen LogP contribution in [-0.4, -0.2) is 24.7 Å². The van der Waals surface area contributed by atoms with Gasteiger partial charge in [-0.3, -0.25) is 9.69 Å². The second-order valence-electron chi connectivity index (χ2n) is 7.62. The third kappa shape index (κ3) is 4.10. The highest BCUT2D eigenvalue weighted by Crippen LogP contribution is 2.41. The molecule has 0 saturated carbocycles. The van der Waals surface area contributed by atoms with Crippen molar-refractivity contribution in [2.24, 2.45) is 0 Å². The summed E-state index contributed by atoms with van der Waals surface area (Å²) >= 11 is 0. The third-order valence-corrected chi connectivity index (χ3v) is 5.62. The molecule has 3 aromatic rings. The fraction of sp³-hybridized carbons (Fsp3) is 0.250. The van der Waals surface area contributed by atoms with Gasteiger partial charge in [-0.05, 0) is 61.4 Å². The number of amides is 1. The standard InChI is InChI=1S/C24H21F4N3O2/c1-4-15-11-17(25)6-8-20(15)30-13-31(19-9-10-22(33-3)29-14(19)2)23(32)18-12-16(24(26,27)28)5-7-21(18)30/h5-12H,4,13H2,1-3H3. The number of halogens is 4. The minimum Gasteiger partial charge on any atom is -0.481 e. The van der Waals surface area contributed by atoms with Crippen molar-refractivity contribution in [3.63, 3.8) is 0 Å². The molecular formula is C24H21F4N3O2. The largest absolute Gasteiger partial charge is 0.481 e. The van der Waals surface area contributed by atoms with Crippen molar-refractivity contribution < 1.29 is 27.1 Å². The van der Waals surface area contributed by atoms with Crippen LogP contribution in [0.5, 0.6) is 5.88 Å². The van der Waals surface area contributed by atoms with E-state index in [2.05, 4.69) is 4.98 Å². The van der Waals surface area contributed by atoms with Gasteiger partial charge in [0.25, 0.3) is 5.91 Å². The Bertz CT molecular complexity index is 1230. The highest BCUT2D eigenvalue weighted by molar-refractivity contribution is 6.13. The van der Waals surface area contributed by atoms with Gasteiger partial charge in [-0.1, -0.05) is 6.92 Å². The van der Waals surface area contributed by atoms with Gasteiger partial charge in [0.05, 0.1) is 35.3 Å². The first-order chi connectivity index (χ1) is 15.6. The highest BCUT2D eigenvalue weighted by atomic mass is 19.4. The monoisotopic (exact) mass is 459 g/mol. The van der Waals surface area contributed by atoms with Crippen LogP contribution < -0.4 is 14.5 Å². The number of hydrogen-bond donors (Lipinski definition) is 0. The van der Waals surface area contributed by atoms with E-state index < -0.39 is 23.5 Å². The molecule has 0 N–H and O–H groups in total. The van der Waals surface area contributed by atoms with E-state index in [0.717, 1.165) is 12.1 Å². The van der Waals surface area contributed by atoms with Gasteiger partial charge >= 0.3 is 6.18 Å². The third-order valence-electron chi connectivity index (χ3n) is 5.62. The lowest BCUT2D eigenvalue weighted by Crippen LogP contribution is -2.45. The van der Waals surface area contributed by atoms with E-state index in [1.165, 1.54) is 30.2 Å². The number of methoxy groups -OCH3 is 1. The predicted octanol–water partition coefficient (Wildman–Crippen LogP) is 5.87. The van der Waals surface area contributed by atoms with Crippen molar-refractivity contribution in [3.8, 4) is 5.88 Å². The molecule has 0 atom stereocenters. The number of rotatable bonds is 4. The number of alkyl halides is 3. The second-order valence-corrected chi connectivity index (χ2v) is 7.62. The van der Waals surface area contributed by atoms with Crippen molar-refractivity contribution in [2.45, 2.75) is 26.4 Å². The quantitative estimate of drug-likeness (QED) is 0.458. The number of hydrogen-bond acceptors (Lipinski definition) is 4. The molecule has 0 radical (unpaired) electrons. The summed E-state index contributed by atoms with van der Waals surface area (Å²) in [5.74, 6) is -0.643. The number of carbonyl (C=O) groups excluding carboxylic acids is 1. The molecule has 0 spiro atoms. The van der Waals surface area contributed by atoms with Crippen LogP contribution in [0.15, 0.2) is 48.5 Å². The number of ether oxygens (including phenoxy) is 1. The van der Waals surface area contributed by atoms with Crippen molar-refractivity contribution >= 4 is 23.0 Å². The van der Waals surface area contributed by atoms with Crippen LogP contribution in [0.25, 0.3) is 0 Å². The van der Waals surface area contributed by atoms with Crippen LogP contribution in [0.3, 0.4) is 0 Å². The lowest BCUT2D eigenvalue weighted by atomic mass is 10.0. The minimum absolute atomic E-state index is 0.0185. The zero-order chi connectivity index (χ0) is 23.9. The fourth-order valence-corrected chi connectivity index (χ4v) is 3.97. The van der Waals surface area contributed by atoms with Gasteiger partial charge in [0, 0.05) is 11.8 Å². The van der Waals surface area contributed by atoms with Crippen molar-refractivity contribution in [1.82, 2.24) is 4.98 Å². The van der Waals surface area contributed by atoms with E-state index in [0.29, 0.717) is 40.6 Å². The molecule has 172 valence electrons. The molecule has 4 rings (SSSR count). The Morgan fingerprint density at radius 1 is 1.00 bits per heavy atom. The summed E-state index contributed by atoms with van der Waals surface area (Å²) in [5, 5.41) is 0. The first-order valence-corrected chi connectivity index (χ1v) is 10.2. The Morgan fingerprint density at radius 3 is 2.33 bits per heavy atom. The van der Waals surface area contributed by atoms with Crippen molar-refractivity contribution in [2.75, 3.05) is 23.6 Å². The molecular weight excluding hydrogens is 438 g/mol. The van der Waals surface area contributed by atoms with E-state index in [-0.39, 0.29) is 12.2 Å². The van der Waals surface area contributed by atoms with Gasteiger partial charge in [-0.25, -0.2) is 9.37 Å². The van der Waals surface area contributed by atoms with Gasteiger partial charge in [0.15, 0.2) is 0 Å². The zero-order valence-electron chi connectivity index (χ0n) is 18.2. The van der Waals surface area contributed by atoms with Crippen LogP contribution in [0.1, 0.15) is 34.1 Å². The normalized spacial score (nSPS) is 13.8. The van der Waals surface area contributed by atoms with Gasteiger partial charge in [0.1, 0.15) is 12.5 Å². The van der Waals surface area contributed by atoms with Gasteiger partial charge in [0.2, 0.25) is 5.88 Å². The van der Waals surface area contributed by atoms with Crippen LogP contribution in [0, 0.1) is 12.7 Å². The lowest BCUT2D eigenvalue weighted by molar-refractivity contribution is -0.137.